The molecule has 0 radical (unpaired) electrons. The molecule has 0 heterocycles. The highest BCUT2D eigenvalue weighted by atomic mass is 127. The van der Waals surface area contributed by atoms with Crippen molar-refractivity contribution in [3.8, 4) is 0 Å². The molecule has 0 spiro atoms. The molecule has 1 aromatic carbocycles. The summed E-state index contributed by atoms with van der Waals surface area (Å²) in [5.74, 6) is -0.601. The molecule has 1 amide bonds. The van der Waals surface area contributed by atoms with Gasteiger partial charge in [0.2, 0.25) is 5.91 Å². The number of anilines is 1. The molecule has 64 valence electrons. The Labute approximate surface area is 83.3 Å². The number of hydrogen-bond acceptors (Lipinski definition) is 1. The highest BCUT2D eigenvalue weighted by Gasteiger charge is 2.03. The number of rotatable bonds is 2. The van der Waals surface area contributed by atoms with Gasteiger partial charge in [0.05, 0.1) is 10.1 Å². The molecule has 4 heteroatoms. The number of halogens is 2. The number of amides is 1. The maximum absolute atomic E-state index is 12.9. The van der Waals surface area contributed by atoms with E-state index in [1.165, 1.54) is 12.1 Å². The van der Waals surface area contributed by atoms with Crippen molar-refractivity contribution in [1.82, 2.24) is 0 Å². The molecule has 12 heavy (non-hydrogen) atoms. The van der Waals surface area contributed by atoms with Crippen LogP contribution in [0.15, 0.2) is 24.3 Å². The molecule has 0 aliphatic rings. The van der Waals surface area contributed by atoms with Gasteiger partial charge in [-0.3, -0.25) is 4.79 Å². The summed E-state index contributed by atoms with van der Waals surface area (Å²) >= 11 is 1.92. The van der Waals surface area contributed by atoms with Gasteiger partial charge in [-0.2, -0.15) is 0 Å². The first-order chi connectivity index (χ1) is 5.74. The predicted molar refractivity (Wildman–Crippen MR) is 53.9 cm³/mol. The molecular weight excluding hydrogens is 272 g/mol. The first kappa shape index (κ1) is 9.44. The molecule has 0 aliphatic carbocycles. The average molecular weight is 279 g/mol. The standard InChI is InChI=1S/C8H7FINO/c9-6-3-1-2-4-7(6)11-8(12)5-10/h1-4H,5H2,(H,11,12). The molecule has 0 aliphatic heterocycles. The Morgan fingerprint density at radius 3 is 2.75 bits per heavy atom. The highest BCUT2D eigenvalue weighted by Crippen LogP contribution is 2.11. The summed E-state index contributed by atoms with van der Waals surface area (Å²) in [5.41, 5.74) is 0.235. The van der Waals surface area contributed by atoms with Crippen LogP contribution in [0.5, 0.6) is 0 Å². The molecule has 1 aromatic rings. The number of hydrogen-bond donors (Lipinski definition) is 1. The average Bonchev–Trinajstić information content (AvgIpc) is 2.09. The van der Waals surface area contributed by atoms with Crippen LogP contribution >= 0.6 is 22.6 Å². The van der Waals surface area contributed by atoms with Crippen molar-refractivity contribution >= 4 is 34.2 Å². The summed E-state index contributed by atoms with van der Waals surface area (Å²) in [6.07, 6.45) is 0. The maximum Gasteiger partial charge on any atom is 0.234 e. The van der Waals surface area contributed by atoms with E-state index >= 15 is 0 Å². The lowest BCUT2D eigenvalue weighted by atomic mass is 10.3. The normalized spacial score (nSPS) is 9.50. The van der Waals surface area contributed by atoms with Gasteiger partial charge in [-0.25, -0.2) is 4.39 Å². The molecule has 0 aromatic heterocycles. The van der Waals surface area contributed by atoms with Crippen molar-refractivity contribution in [2.45, 2.75) is 0 Å². The van der Waals surface area contributed by atoms with Crippen molar-refractivity contribution in [3.63, 3.8) is 0 Å². The van der Waals surface area contributed by atoms with Crippen molar-refractivity contribution in [2.24, 2.45) is 0 Å². The minimum Gasteiger partial charge on any atom is -0.323 e. The zero-order valence-electron chi connectivity index (χ0n) is 6.18. The quantitative estimate of drug-likeness (QED) is 0.652. The van der Waals surface area contributed by atoms with E-state index in [0.717, 1.165) is 0 Å². The smallest absolute Gasteiger partial charge is 0.234 e. The second-order valence-electron chi connectivity index (χ2n) is 2.16. The van der Waals surface area contributed by atoms with Gasteiger partial charge in [-0.15, -0.1) is 0 Å². The molecular formula is C8H7FINO. The summed E-state index contributed by atoms with van der Waals surface area (Å²) in [4.78, 5) is 10.8. The first-order valence-corrected chi connectivity index (χ1v) is 4.87. The molecule has 0 bridgehead atoms. The Bertz CT molecular complexity index is 290. The minimum atomic E-state index is -0.407. The Morgan fingerprint density at radius 1 is 1.50 bits per heavy atom. The summed E-state index contributed by atoms with van der Waals surface area (Å²) < 4.78 is 13.2. The number of alkyl halides is 1. The van der Waals surface area contributed by atoms with Gasteiger partial charge in [0.25, 0.3) is 0 Å². The van der Waals surface area contributed by atoms with Crippen LogP contribution in [0.2, 0.25) is 0 Å². The summed E-state index contributed by atoms with van der Waals surface area (Å²) in [6.45, 7) is 0. The number of carbonyl (C=O) groups excluding carboxylic acids is 1. The van der Waals surface area contributed by atoms with Gasteiger partial charge in [0.15, 0.2) is 0 Å². The fraction of sp³-hybridized carbons (Fsp3) is 0.125. The Hall–Kier alpha value is -0.650. The van der Waals surface area contributed by atoms with E-state index < -0.39 is 5.82 Å². The van der Waals surface area contributed by atoms with E-state index in [1.54, 1.807) is 12.1 Å². The van der Waals surface area contributed by atoms with Crippen LogP contribution in [0.1, 0.15) is 0 Å². The predicted octanol–water partition coefficient (Wildman–Crippen LogP) is 2.20. The van der Waals surface area contributed by atoms with Gasteiger partial charge in [0.1, 0.15) is 5.82 Å². The Kier molecular flexibility index (Phi) is 3.46. The van der Waals surface area contributed by atoms with Crippen LogP contribution in [0.25, 0.3) is 0 Å². The Morgan fingerprint density at radius 2 is 2.17 bits per heavy atom. The highest BCUT2D eigenvalue weighted by molar-refractivity contribution is 14.1. The first-order valence-electron chi connectivity index (χ1n) is 3.34. The number of benzene rings is 1. The van der Waals surface area contributed by atoms with Crippen molar-refractivity contribution in [2.75, 3.05) is 9.74 Å². The molecule has 1 N–H and O–H groups in total. The molecule has 0 saturated carbocycles. The van der Waals surface area contributed by atoms with Crippen LogP contribution in [0.4, 0.5) is 10.1 Å². The maximum atomic E-state index is 12.9. The van der Waals surface area contributed by atoms with Gasteiger partial charge >= 0.3 is 0 Å². The minimum absolute atomic E-state index is 0.194. The van der Waals surface area contributed by atoms with Crippen LogP contribution < -0.4 is 5.32 Å². The Balaban J connectivity index is 2.75. The molecule has 0 fully saturated rings. The molecule has 0 unspecified atom stereocenters. The van der Waals surface area contributed by atoms with E-state index in [2.05, 4.69) is 5.32 Å². The zero-order valence-corrected chi connectivity index (χ0v) is 8.34. The van der Waals surface area contributed by atoms with Crippen molar-refractivity contribution in [1.29, 1.82) is 0 Å². The number of carbonyl (C=O) groups is 1. The zero-order chi connectivity index (χ0) is 8.97. The SMILES string of the molecule is O=C(CI)Nc1ccccc1F. The lowest BCUT2D eigenvalue weighted by molar-refractivity contribution is -0.113. The molecule has 0 saturated heterocycles. The van der Waals surface area contributed by atoms with Crippen LogP contribution in [0.3, 0.4) is 0 Å². The second-order valence-corrected chi connectivity index (χ2v) is 2.92. The van der Waals surface area contributed by atoms with Gasteiger partial charge in [-0.1, -0.05) is 34.7 Å². The molecule has 0 atom stereocenters. The van der Waals surface area contributed by atoms with Gasteiger partial charge in [-0.05, 0) is 12.1 Å². The third-order valence-corrected chi connectivity index (χ3v) is 1.96. The third kappa shape index (κ3) is 2.44. The summed E-state index contributed by atoms with van der Waals surface area (Å²) in [6, 6.07) is 6.09. The van der Waals surface area contributed by atoms with Gasteiger partial charge in [0, 0.05) is 0 Å². The fourth-order valence-electron chi connectivity index (χ4n) is 0.746. The lowest BCUT2D eigenvalue weighted by Gasteiger charge is -2.02. The fourth-order valence-corrected chi connectivity index (χ4v) is 0.937. The summed E-state index contributed by atoms with van der Waals surface area (Å²) in [7, 11) is 0. The number of nitrogens with one attached hydrogen (secondary N) is 1. The topological polar surface area (TPSA) is 29.1 Å². The van der Waals surface area contributed by atoms with E-state index in [0.29, 0.717) is 4.43 Å². The van der Waals surface area contributed by atoms with Crippen molar-refractivity contribution in [3.05, 3.63) is 30.1 Å². The van der Waals surface area contributed by atoms with Gasteiger partial charge < -0.3 is 5.32 Å². The van der Waals surface area contributed by atoms with Crippen LogP contribution in [-0.4, -0.2) is 10.3 Å². The monoisotopic (exact) mass is 279 g/mol. The largest absolute Gasteiger partial charge is 0.323 e. The number of para-hydroxylation sites is 1. The lowest BCUT2D eigenvalue weighted by Crippen LogP contribution is -2.13. The van der Waals surface area contributed by atoms with Crippen LogP contribution in [0, 0.1) is 5.82 Å². The van der Waals surface area contributed by atoms with Crippen molar-refractivity contribution < 1.29 is 9.18 Å². The van der Waals surface area contributed by atoms with Crippen LogP contribution in [-0.2, 0) is 4.79 Å². The van der Waals surface area contributed by atoms with E-state index in [4.69, 9.17) is 0 Å². The van der Waals surface area contributed by atoms with E-state index in [1.807, 2.05) is 22.6 Å². The molecule has 2 nitrogen and oxygen atoms in total. The van der Waals surface area contributed by atoms with E-state index in [9.17, 15) is 9.18 Å². The molecule has 1 rings (SSSR count). The third-order valence-electron chi connectivity index (χ3n) is 1.27. The second kappa shape index (κ2) is 4.39. The summed E-state index contributed by atoms with van der Waals surface area (Å²) in [5, 5.41) is 2.44. The van der Waals surface area contributed by atoms with E-state index in [-0.39, 0.29) is 11.6 Å².